The molecular formula is C13H19N3O4S. The van der Waals surface area contributed by atoms with Gasteiger partial charge in [-0.15, -0.1) is 11.3 Å². The van der Waals surface area contributed by atoms with Crippen molar-refractivity contribution in [3.8, 4) is 0 Å². The topological polar surface area (TPSA) is 80.8 Å². The lowest BCUT2D eigenvalue weighted by molar-refractivity contribution is -0.139. The Morgan fingerprint density at radius 2 is 2.24 bits per heavy atom. The maximum absolute atomic E-state index is 11.9. The minimum absolute atomic E-state index is 0.122. The lowest BCUT2D eigenvalue weighted by atomic mass is 10.3. The van der Waals surface area contributed by atoms with Crippen molar-refractivity contribution in [2.75, 3.05) is 45.3 Å². The quantitative estimate of drug-likeness (QED) is 0.771. The molecule has 0 unspecified atom stereocenters. The molecule has 1 aliphatic rings. The van der Waals surface area contributed by atoms with E-state index in [0.29, 0.717) is 50.1 Å². The summed E-state index contributed by atoms with van der Waals surface area (Å²) in [4.78, 5) is 29.1. The maximum Gasteiger partial charge on any atom is 0.311 e. The van der Waals surface area contributed by atoms with Gasteiger partial charge in [0.2, 0.25) is 5.91 Å². The molecule has 116 valence electrons. The van der Waals surface area contributed by atoms with Crippen LogP contribution in [0.4, 0.5) is 5.13 Å². The molecule has 0 atom stereocenters. The predicted molar refractivity (Wildman–Crippen MR) is 78.3 cm³/mol. The molecule has 0 spiro atoms. The number of methoxy groups -OCH3 is 1. The van der Waals surface area contributed by atoms with E-state index in [0.717, 1.165) is 0 Å². The summed E-state index contributed by atoms with van der Waals surface area (Å²) in [5.41, 5.74) is 0.675. The number of hydrogen-bond donors (Lipinski definition) is 1. The number of ether oxygens (including phenoxy) is 2. The Morgan fingerprint density at radius 3 is 2.95 bits per heavy atom. The number of carbonyl (C=O) groups excluding carboxylic acids is 2. The highest BCUT2D eigenvalue weighted by Crippen LogP contribution is 2.16. The van der Waals surface area contributed by atoms with Crippen molar-refractivity contribution in [1.82, 2.24) is 9.88 Å². The number of rotatable bonds is 6. The zero-order valence-electron chi connectivity index (χ0n) is 12.0. The van der Waals surface area contributed by atoms with Gasteiger partial charge in [-0.1, -0.05) is 0 Å². The van der Waals surface area contributed by atoms with Crippen molar-refractivity contribution < 1.29 is 19.1 Å². The van der Waals surface area contributed by atoms with Gasteiger partial charge >= 0.3 is 5.97 Å². The first-order valence-corrected chi connectivity index (χ1v) is 7.67. The molecule has 0 saturated carbocycles. The fourth-order valence-corrected chi connectivity index (χ4v) is 2.68. The van der Waals surface area contributed by atoms with Crippen molar-refractivity contribution in [2.45, 2.75) is 12.8 Å². The summed E-state index contributed by atoms with van der Waals surface area (Å²) < 4.78 is 9.80. The Bertz CT molecular complexity index is 486. The average Bonchev–Trinajstić information content (AvgIpc) is 2.95. The second-order valence-corrected chi connectivity index (χ2v) is 5.42. The van der Waals surface area contributed by atoms with Crippen LogP contribution >= 0.6 is 11.3 Å². The second-order valence-electron chi connectivity index (χ2n) is 4.57. The Balaban J connectivity index is 1.70. The fourth-order valence-electron chi connectivity index (χ4n) is 1.94. The van der Waals surface area contributed by atoms with Crippen LogP contribution in [-0.4, -0.2) is 61.7 Å². The molecule has 1 fully saturated rings. The number of anilines is 1. The largest absolute Gasteiger partial charge is 0.469 e. The highest BCUT2D eigenvalue weighted by atomic mass is 32.1. The van der Waals surface area contributed by atoms with Gasteiger partial charge in [0, 0.05) is 31.4 Å². The molecule has 0 aromatic carbocycles. The maximum atomic E-state index is 11.9. The van der Waals surface area contributed by atoms with Crippen LogP contribution in [0, 0.1) is 0 Å². The Kier molecular flexibility index (Phi) is 5.94. The lowest BCUT2D eigenvalue weighted by Crippen LogP contribution is -2.41. The highest BCUT2D eigenvalue weighted by Gasteiger charge is 2.16. The van der Waals surface area contributed by atoms with Crippen LogP contribution in [0.2, 0.25) is 0 Å². The van der Waals surface area contributed by atoms with E-state index in [1.54, 1.807) is 0 Å². The molecule has 1 aliphatic heterocycles. The summed E-state index contributed by atoms with van der Waals surface area (Å²) in [5.74, 6) is -0.188. The molecule has 1 aromatic heterocycles. The van der Waals surface area contributed by atoms with E-state index in [1.165, 1.54) is 18.4 Å². The Labute approximate surface area is 127 Å². The van der Waals surface area contributed by atoms with Crippen molar-refractivity contribution >= 4 is 28.3 Å². The highest BCUT2D eigenvalue weighted by molar-refractivity contribution is 7.13. The van der Waals surface area contributed by atoms with E-state index in [9.17, 15) is 9.59 Å². The van der Waals surface area contributed by atoms with Crippen molar-refractivity contribution in [1.29, 1.82) is 0 Å². The van der Waals surface area contributed by atoms with E-state index >= 15 is 0 Å². The van der Waals surface area contributed by atoms with Gasteiger partial charge in [0.05, 0.1) is 32.4 Å². The smallest absolute Gasteiger partial charge is 0.311 e. The first-order valence-electron chi connectivity index (χ1n) is 6.79. The van der Waals surface area contributed by atoms with Crippen molar-refractivity contribution in [3.63, 3.8) is 0 Å². The molecule has 1 aromatic rings. The van der Waals surface area contributed by atoms with E-state index in [4.69, 9.17) is 4.74 Å². The third kappa shape index (κ3) is 4.98. The van der Waals surface area contributed by atoms with Gasteiger partial charge in [0.25, 0.3) is 0 Å². The minimum atomic E-state index is -0.311. The summed E-state index contributed by atoms with van der Waals surface area (Å²) in [6.45, 7) is 3.09. The molecule has 1 N–H and O–H groups in total. The average molecular weight is 313 g/mol. The molecule has 2 rings (SSSR count). The number of esters is 1. The van der Waals surface area contributed by atoms with E-state index in [2.05, 4.69) is 15.0 Å². The molecule has 0 bridgehead atoms. The molecule has 8 heteroatoms. The lowest BCUT2D eigenvalue weighted by Gasteiger charge is -2.26. The SMILES string of the molecule is COC(=O)Cc1csc(NCCC(=O)N2CCOCC2)n1. The Hall–Kier alpha value is -1.67. The number of nitrogens with one attached hydrogen (secondary N) is 1. The molecular weight excluding hydrogens is 294 g/mol. The zero-order chi connectivity index (χ0) is 15.1. The van der Waals surface area contributed by atoms with E-state index in [-0.39, 0.29) is 18.3 Å². The van der Waals surface area contributed by atoms with Gasteiger partial charge in [-0.25, -0.2) is 4.98 Å². The van der Waals surface area contributed by atoms with Crippen LogP contribution in [0.3, 0.4) is 0 Å². The standard InChI is InChI=1S/C13H19N3O4S/c1-19-12(18)8-10-9-21-13(15-10)14-3-2-11(17)16-4-6-20-7-5-16/h9H,2-8H2,1H3,(H,14,15). The predicted octanol–water partition coefficient (Wildman–Crippen LogP) is 0.519. The van der Waals surface area contributed by atoms with Crippen LogP contribution in [0.25, 0.3) is 0 Å². The molecule has 0 radical (unpaired) electrons. The first kappa shape index (κ1) is 15.7. The van der Waals surface area contributed by atoms with Crippen LogP contribution in [0.5, 0.6) is 0 Å². The molecule has 21 heavy (non-hydrogen) atoms. The number of aromatic nitrogens is 1. The minimum Gasteiger partial charge on any atom is -0.469 e. The van der Waals surface area contributed by atoms with Gasteiger partial charge < -0.3 is 19.7 Å². The second kappa shape index (κ2) is 7.94. The monoisotopic (exact) mass is 313 g/mol. The van der Waals surface area contributed by atoms with E-state index in [1.807, 2.05) is 10.3 Å². The first-order chi connectivity index (χ1) is 10.2. The molecule has 1 amide bonds. The van der Waals surface area contributed by atoms with Gasteiger partial charge in [0.1, 0.15) is 0 Å². The number of amides is 1. The van der Waals surface area contributed by atoms with Gasteiger partial charge in [-0.05, 0) is 0 Å². The molecule has 0 aliphatic carbocycles. The molecule has 7 nitrogen and oxygen atoms in total. The van der Waals surface area contributed by atoms with Crippen LogP contribution < -0.4 is 5.32 Å². The van der Waals surface area contributed by atoms with Gasteiger partial charge in [0.15, 0.2) is 5.13 Å². The van der Waals surface area contributed by atoms with Crippen LogP contribution in [0.15, 0.2) is 5.38 Å². The fraction of sp³-hybridized carbons (Fsp3) is 0.615. The third-order valence-corrected chi connectivity index (χ3v) is 3.93. The number of nitrogens with zero attached hydrogens (tertiary/aromatic N) is 2. The number of hydrogen-bond acceptors (Lipinski definition) is 7. The zero-order valence-corrected chi connectivity index (χ0v) is 12.8. The Morgan fingerprint density at radius 1 is 1.48 bits per heavy atom. The van der Waals surface area contributed by atoms with Crippen LogP contribution in [-0.2, 0) is 25.5 Å². The normalized spacial score (nSPS) is 14.8. The number of morpholine rings is 1. The summed E-state index contributed by atoms with van der Waals surface area (Å²) in [7, 11) is 1.35. The van der Waals surface area contributed by atoms with Crippen molar-refractivity contribution in [3.05, 3.63) is 11.1 Å². The number of carbonyl (C=O) groups is 2. The van der Waals surface area contributed by atoms with Gasteiger partial charge in [-0.3, -0.25) is 9.59 Å². The molecule has 2 heterocycles. The third-order valence-electron chi connectivity index (χ3n) is 3.08. The summed E-state index contributed by atoms with van der Waals surface area (Å²) in [5, 5.41) is 5.62. The summed E-state index contributed by atoms with van der Waals surface area (Å²) in [6, 6.07) is 0. The van der Waals surface area contributed by atoms with Crippen molar-refractivity contribution in [2.24, 2.45) is 0 Å². The summed E-state index contributed by atoms with van der Waals surface area (Å²) in [6.07, 6.45) is 0.591. The summed E-state index contributed by atoms with van der Waals surface area (Å²) >= 11 is 1.41. The van der Waals surface area contributed by atoms with Gasteiger partial charge in [-0.2, -0.15) is 0 Å². The number of thiazole rings is 1. The van der Waals surface area contributed by atoms with E-state index < -0.39 is 0 Å². The van der Waals surface area contributed by atoms with Crippen LogP contribution in [0.1, 0.15) is 12.1 Å². The molecule has 1 saturated heterocycles.